The first-order valence-corrected chi connectivity index (χ1v) is 6.42. The molecule has 2 rings (SSSR count). The quantitative estimate of drug-likeness (QED) is 0.914. The van der Waals surface area contributed by atoms with E-state index in [1.165, 1.54) is 0 Å². The van der Waals surface area contributed by atoms with Crippen molar-refractivity contribution in [3.05, 3.63) is 35.2 Å². The predicted molar refractivity (Wildman–Crippen MR) is 71.5 cm³/mol. The number of benzene rings is 1. The third-order valence-corrected chi connectivity index (χ3v) is 2.81. The van der Waals surface area contributed by atoms with Crippen LogP contribution in [0.4, 0.5) is 0 Å². The Bertz CT molecular complexity index is 569. The Morgan fingerprint density at radius 2 is 2.16 bits per heavy atom. The highest BCUT2D eigenvalue weighted by Gasteiger charge is 2.11. The lowest BCUT2D eigenvalue weighted by Gasteiger charge is -2.00. The van der Waals surface area contributed by atoms with Gasteiger partial charge in [-0.15, -0.1) is 10.2 Å². The van der Waals surface area contributed by atoms with Crippen LogP contribution >= 0.6 is 11.6 Å². The van der Waals surface area contributed by atoms with Gasteiger partial charge in [0, 0.05) is 6.42 Å². The molecule has 2 aromatic rings. The highest BCUT2D eigenvalue weighted by atomic mass is 35.5. The van der Waals surface area contributed by atoms with Crippen LogP contribution in [0.25, 0.3) is 11.5 Å². The molecule has 100 valence electrons. The number of hydrogen-bond acceptors (Lipinski definition) is 4. The lowest BCUT2D eigenvalue weighted by Crippen LogP contribution is -2.22. The molecule has 0 atom stereocenters. The van der Waals surface area contributed by atoms with Gasteiger partial charge in [0.15, 0.2) is 0 Å². The topological polar surface area (TPSA) is 68.0 Å². The minimum atomic E-state index is -0.0278. The number of aromatic nitrogens is 2. The van der Waals surface area contributed by atoms with Gasteiger partial charge in [0.05, 0.1) is 17.1 Å². The van der Waals surface area contributed by atoms with Crippen molar-refractivity contribution >= 4 is 17.5 Å². The Morgan fingerprint density at radius 3 is 2.89 bits per heavy atom. The van der Waals surface area contributed by atoms with E-state index in [2.05, 4.69) is 15.5 Å². The summed E-state index contributed by atoms with van der Waals surface area (Å²) in [7, 11) is 0. The van der Waals surface area contributed by atoms with Gasteiger partial charge in [0.1, 0.15) is 0 Å². The van der Waals surface area contributed by atoms with Crippen molar-refractivity contribution in [1.82, 2.24) is 15.5 Å². The van der Waals surface area contributed by atoms with Crippen LogP contribution in [0, 0.1) is 0 Å². The number of carbonyl (C=O) groups is 1. The molecule has 19 heavy (non-hydrogen) atoms. The molecule has 0 aliphatic carbocycles. The Kier molecular flexibility index (Phi) is 4.52. The first-order valence-electron chi connectivity index (χ1n) is 6.04. The fraction of sp³-hybridized carbons (Fsp3) is 0.308. The second kappa shape index (κ2) is 6.33. The van der Waals surface area contributed by atoms with Crippen molar-refractivity contribution in [3.63, 3.8) is 0 Å². The number of carbonyl (C=O) groups excluding carboxylic acids is 1. The van der Waals surface area contributed by atoms with Crippen molar-refractivity contribution in [2.45, 2.75) is 26.3 Å². The van der Waals surface area contributed by atoms with E-state index in [4.69, 9.17) is 16.0 Å². The Morgan fingerprint density at radius 1 is 1.37 bits per heavy atom. The van der Waals surface area contributed by atoms with Gasteiger partial charge < -0.3 is 9.73 Å². The van der Waals surface area contributed by atoms with Gasteiger partial charge >= 0.3 is 0 Å². The van der Waals surface area contributed by atoms with Gasteiger partial charge in [0.2, 0.25) is 17.7 Å². The van der Waals surface area contributed by atoms with Crippen molar-refractivity contribution in [2.75, 3.05) is 0 Å². The average Bonchev–Trinajstić information content (AvgIpc) is 2.86. The molecule has 0 radical (unpaired) electrons. The van der Waals surface area contributed by atoms with E-state index >= 15 is 0 Å². The molecular weight excluding hydrogens is 266 g/mol. The molecule has 1 aromatic carbocycles. The fourth-order valence-corrected chi connectivity index (χ4v) is 1.77. The van der Waals surface area contributed by atoms with Crippen LogP contribution in [-0.2, 0) is 11.3 Å². The standard InChI is InChI=1S/C13H14ClN3O2/c1-2-5-11(18)15-8-12-16-17-13(19-12)9-6-3-4-7-10(9)14/h3-4,6-7H,2,5,8H2,1H3,(H,15,18). The van der Waals surface area contributed by atoms with Gasteiger partial charge in [-0.3, -0.25) is 4.79 Å². The predicted octanol–water partition coefficient (Wildman–Crippen LogP) is 2.81. The molecule has 0 saturated heterocycles. The van der Waals surface area contributed by atoms with E-state index in [-0.39, 0.29) is 12.5 Å². The van der Waals surface area contributed by atoms with E-state index in [1.807, 2.05) is 19.1 Å². The molecule has 0 spiro atoms. The van der Waals surface area contributed by atoms with Crippen LogP contribution in [-0.4, -0.2) is 16.1 Å². The molecular formula is C13H14ClN3O2. The third kappa shape index (κ3) is 3.54. The summed E-state index contributed by atoms with van der Waals surface area (Å²) in [5.74, 6) is 0.685. The summed E-state index contributed by atoms with van der Waals surface area (Å²) in [6.07, 6.45) is 1.30. The maximum absolute atomic E-state index is 11.3. The van der Waals surface area contributed by atoms with E-state index < -0.39 is 0 Å². The van der Waals surface area contributed by atoms with Gasteiger partial charge in [0.25, 0.3) is 0 Å². The molecule has 0 unspecified atom stereocenters. The summed E-state index contributed by atoms with van der Waals surface area (Å²) < 4.78 is 5.46. The molecule has 1 amide bonds. The van der Waals surface area contributed by atoms with Gasteiger partial charge in [-0.2, -0.15) is 0 Å². The zero-order valence-electron chi connectivity index (χ0n) is 10.5. The maximum Gasteiger partial charge on any atom is 0.249 e. The molecule has 0 bridgehead atoms. The fourth-order valence-electron chi connectivity index (χ4n) is 1.56. The van der Waals surface area contributed by atoms with E-state index in [9.17, 15) is 4.79 Å². The van der Waals surface area contributed by atoms with Crippen molar-refractivity contribution in [2.24, 2.45) is 0 Å². The van der Waals surface area contributed by atoms with E-state index in [0.717, 1.165) is 6.42 Å². The second-order valence-corrected chi connectivity index (χ2v) is 4.41. The largest absolute Gasteiger partial charge is 0.419 e. The molecule has 0 saturated carbocycles. The van der Waals surface area contributed by atoms with E-state index in [0.29, 0.717) is 28.8 Å². The monoisotopic (exact) mass is 279 g/mol. The average molecular weight is 280 g/mol. The normalized spacial score (nSPS) is 10.4. The first-order chi connectivity index (χ1) is 9.20. The summed E-state index contributed by atoms with van der Waals surface area (Å²) in [4.78, 5) is 11.3. The number of rotatable bonds is 5. The summed E-state index contributed by atoms with van der Waals surface area (Å²) in [5.41, 5.74) is 0.683. The lowest BCUT2D eigenvalue weighted by molar-refractivity contribution is -0.121. The molecule has 0 aliphatic rings. The smallest absolute Gasteiger partial charge is 0.249 e. The summed E-state index contributed by atoms with van der Waals surface area (Å²) in [6, 6.07) is 7.22. The molecule has 0 aliphatic heterocycles. The maximum atomic E-state index is 11.3. The zero-order chi connectivity index (χ0) is 13.7. The summed E-state index contributed by atoms with van der Waals surface area (Å²) in [6.45, 7) is 2.18. The number of nitrogens with one attached hydrogen (secondary N) is 1. The van der Waals surface area contributed by atoms with Crippen molar-refractivity contribution in [1.29, 1.82) is 0 Å². The Labute approximate surface area is 116 Å². The highest BCUT2D eigenvalue weighted by molar-refractivity contribution is 6.33. The number of hydrogen-bond donors (Lipinski definition) is 1. The van der Waals surface area contributed by atoms with Crippen LogP contribution in [0.3, 0.4) is 0 Å². The number of amides is 1. The molecule has 1 N–H and O–H groups in total. The van der Waals surface area contributed by atoms with Gasteiger partial charge in [-0.25, -0.2) is 0 Å². The van der Waals surface area contributed by atoms with Crippen LogP contribution in [0.15, 0.2) is 28.7 Å². The Hall–Kier alpha value is -1.88. The van der Waals surface area contributed by atoms with Crippen LogP contribution in [0.5, 0.6) is 0 Å². The summed E-state index contributed by atoms with van der Waals surface area (Å²) >= 11 is 6.04. The van der Waals surface area contributed by atoms with Gasteiger partial charge in [-0.05, 0) is 18.6 Å². The molecule has 5 nitrogen and oxygen atoms in total. The first kappa shape index (κ1) is 13.5. The molecule has 1 heterocycles. The van der Waals surface area contributed by atoms with Crippen LogP contribution in [0.1, 0.15) is 25.7 Å². The van der Waals surface area contributed by atoms with Crippen molar-refractivity contribution in [3.8, 4) is 11.5 Å². The zero-order valence-corrected chi connectivity index (χ0v) is 11.3. The third-order valence-electron chi connectivity index (χ3n) is 2.48. The minimum Gasteiger partial charge on any atom is -0.419 e. The molecule has 6 heteroatoms. The lowest BCUT2D eigenvalue weighted by atomic mass is 10.2. The summed E-state index contributed by atoms with van der Waals surface area (Å²) in [5, 5.41) is 11.1. The van der Waals surface area contributed by atoms with Gasteiger partial charge in [-0.1, -0.05) is 30.7 Å². The molecule has 0 fully saturated rings. The van der Waals surface area contributed by atoms with Crippen LogP contribution < -0.4 is 5.32 Å². The van der Waals surface area contributed by atoms with Crippen LogP contribution in [0.2, 0.25) is 5.02 Å². The number of halogens is 1. The second-order valence-electron chi connectivity index (χ2n) is 4.01. The SMILES string of the molecule is CCCC(=O)NCc1nnc(-c2ccccc2Cl)o1. The molecule has 1 aromatic heterocycles. The minimum absolute atomic E-state index is 0.0278. The number of nitrogens with zero attached hydrogens (tertiary/aromatic N) is 2. The van der Waals surface area contributed by atoms with Crippen molar-refractivity contribution < 1.29 is 9.21 Å². The Balaban J connectivity index is 2.04. The highest BCUT2D eigenvalue weighted by Crippen LogP contribution is 2.26. The van der Waals surface area contributed by atoms with E-state index in [1.54, 1.807) is 12.1 Å².